The Morgan fingerprint density at radius 3 is 1.03 bits per heavy atom. The molecule has 0 aromatic heterocycles. The molecule has 4 nitrogen and oxygen atoms in total. The molecule has 0 fully saturated rings. The van der Waals surface area contributed by atoms with Crippen molar-refractivity contribution in [1.29, 1.82) is 0 Å². The zero-order valence-electron chi connectivity index (χ0n) is 25.8. The van der Waals surface area contributed by atoms with Gasteiger partial charge in [0.15, 0.2) is 0 Å². The maximum atomic E-state index is 12.8. The summed E-state index contributed by atoms with van der Waals surface area (Å²) in [4.78, 5) is 25.5. The van der Waals surface area contributed by atoms with Crippen LogP contribution in [0.4, 0.5) is 0 Å². The minimum absolute atomic E-state index is 0.180. The van der Waals surface area contributed by atoms with E-state index in [1.807, 2.05) is 0 Å². The van der Waals surface area contributed by atoms with Gasteiger partial charge < -0.3 is 0 Å². The van der Waals surface area contributed by atoms with Gasteiger partial charge in [-0.2, -0.15) is 0 Å². The van der Waals surface area contributed by atoms with Crippen LogP contribution in [-0.2, 0) is 15.7 Å². The summed E-state index contributed by atoms with van der Waals surface area (Å²) in [7, 11) is 0. The fraction of sp³-hybridized carbons (Fsp3) is 0.938. The first-order valence-corrected chi connectivity index (χ1v) is 24.3. The summed E-state index contributed by atoms with van der Waals surface area (Å²) in [5.74, 6) is 0.967. The molecule has 0 aliphatic heterocycles. The normalized spacial score (nSPS) is 11.6. The van der Waals surface area contributed by atoms with Gasteiger partial charge in [0.1, 0.15) is 0 Å². The van der Waals surface area contributed by atoms with Gasteiger partial charge in [-0.15, -0.1) is 0 Å². The van der Waals surface area contributed by atoms with Crippen LogP contribution < -0.4 is 0 Å². The van der Waals surface area contributed by atoms with E-state index in [1.54, 1.807) is 0 Å². The number of thiol groups is 2. The Morgan fingerprint density at radius 1 is 0.462 bits per heavy atom. The van der Waals surface area contributed by atoms with Crippen molar-refractivity contribution >= 4 is 56.4 Å². The Morgan fingerprint density at radius 2 is 0.744 bits per heavy atom. The Balaban J connectivity index is 4.85. The zero-order chi connectivity index (χ0) is 28.9. The molecule has 0 amide bonds. The SMILES string of the molecule is CCCCCCCCCCC[CH2][Sn]([CH2]CCCCCCCCCCC)([O]C(=O)CCCS)[O]C(=O)CCCS. The monoisotopic (exact) mass is 696 g/mol. The predicted molar refractivity (Wildman–Crippen MR) is 177 cm³/mol. The van der Waals surface area contributed by atoms with Crippen LogP contribution in [0.5, 0.6) is 0 Å². The van der Waals surface area contributed by atoms with Crippen molar-refractivity contribution in [3.63, 3.8) is 0 Å². The molecule has 0 aliphatic rings. The summed E-state index contributed by atoms with van der Waals surface area (Å²) in [5.41, 5.74) is 0. The van der Waals surface area contributed by atoms with Gasteiger partial charge in [-0.25, -0.2) is 0 Å². The first-order chi connectivity index (χ1) is 19.0. The molecule has 0 spiro atoms. The van der Waals surface area contributed by atoms with E-state index in [0.29, 0.717) is 37.2 Å². The zero-order valence-corrected chi connectivity index (χ0v) is 30.5. The van der Waals surface area contributed by atoms with E-state index in [1.165, 1.54) is 103 Å². The van der Waals surface area contributed by atoms with Crippen LogP contribution in [0.25, 0.3) is 0 Å². The summed E-state index contributed by atoms with van der Waals surface area (Å²) in [6.07, 6.45) is 27.5. The molecule has 0 bridgehead atoms. The average Bonchev–Trinajstić information content (AvgIpc) is 2.92. The number of rotatable bonds is 30. The van der Waals surface area contributed by atoms with Crippen LogP contribution in [-0.4, -0.2) is 42.6 Å². The molecule has 0 heterocycles. The average molecular weight is 696 g/mol. The molecule has 0 saturated carbocycles. The molecule has 0 N–H and O–H groups in total. The summed E-state index contributed by atoms with van der Waals surface area (Å²) in [6.45, 7) is 4.52. The number of hydrogen-bond acceptors (Lipinski definition) is 6. The first kappa shape index (κ1) is 39.4. The van der Waals surface area contributed by atoms with Gasteiger partial charge in [-0.1, -0.05) is 0 Å². The van der Waals surface area contributed by atoms with Crippen molar-refractivity contribution in [2.24, 2.45) is 0 Å². The van der Waals surface area contributed by atoms with Gasteiger partial charge in [0, 0.05) is 0 Å². The van der Waals surface area contributed by atoms with E-state index in [4.69, 9.17) is 6.15 Å². The molecular formula is C32H64O4S2Sn. The van der Waals surface area contributed by atoms with Gasteiger partial charge in [0.2, 0.25) is 0 Å². The van der Waals surface area contributed by atoms with E-state index in [-0.39, 0.29) is 11.9 Å². The predicted octanol–water partition coefficient (Wildman–Crippen LogP) is 10.8. The molecule has 232 valence electrons. The second-order valence-electron chi connectivity index (χ2n) is 11.4. The van der Waals surface area contributed by atoms with E-state index in [2.05, 4.69) is 39.1 Å². The van der Waals surface area contributed by atoms with Crippen LogP contribution in [0.3, 0.4) is 0 Å². The van der Waals surface area contributed by atoms with Crippen LogP contribution in [0.15, 0.2) is 0 Å². The minimum atomic E-state index is -3.89. The molecule has 0 aromatic rings. The van der Waals surface area contributed by atoms with Crippen LogP contribution in [0.2, 0.25) is 8.87 Å². The molecule has 0 radical (unpaired) electrons. The first-order valence-electron chi connectivity index (χ1n) is 16.7. The van der Waals surface area contributed by atoms with Crippen molar-refractivity contribution in [2.45, 2.75) is 177 Å². The fourth-order valence-electron chi connectivity index (χ4n) is 5.08. The van der Waals surface area contributed by atoms with Gasteiger partial charge >= 0.3 is 260 Å². The van der Waals surface area contributed by atoms with Crippen LogP contribution >= 0.6 is 25.3 Å². The Bertz CT molecular complexity index is 514. The number of unbranched alkanes of at least 4 members (excludes halogenated alkanes) is 18. The quantitative estimate of drug-likeness (QED) is 0.0446. The second-order valence-corrected chi connectivity index (χ2v) is 21.5. The molecule has 0 unspecified atom stereocenters. The fourth-order valence-corrected chi connectivity index (χ4v) is 14.8. The Kier molecular flexibility index (Phi) is 30.3. The van der Waals surface area contributed by atoms with E-state index >= 15 is 0 Å². The summed E-state index contributed by atoms with van der Waals surface area (Å²) in [6, 6.07) is 0. The third-order valence-corrected chi connectivity index (χ3v) is 17.9. The van der Waals surface area contributed by atoms with E-state index < -0.39 is 19.2 Å². The molecule has 0 saturated heterocycles. The third-order valence-electron chi connectivity index (χ3n) is 7.50. The molecular weight excluding hydrogens is 631 g/mol. The summed E-state index contributed by atoms with van der Waals surface area (Å²) < 4.78 is 14.1. The Labute approximate surface area is 259 Å². The summed E-state index contributed by atoms with van der Waals surface area (Å²) >= 11 is 4.63. The molecule has 0 aromatic carbocycles. The second kappa shape index (κ2) is 29.9. The standard InChI is InChI=1S/2C12H25.2C4H8O2S.Sn/c2*1-3-5-7-9-11-12-10-8-6-4-2;2*5-4(6)2-1-3-7;/h2*1,3-12H2,2H3;2*7H,1-3H2,(H,5,6);/q;;;;+2/p-2. The van der Waals surface area contributed by atoms with Gasteiger partial charge in [-0.3, -0.25) is 0 Å². The van der Waals surface area contributed by atoms with Crippen molar-refractivity contribution in [1.82, 2.24) is 0 Å². The molecule has 0 aliphatic carbocycles. The topological polar surface area (TPSA) is 52.6 Å². The Hall–Kier alpha value is 0.439. The van der Waals surface area contributed by atoms with Gasteiger partial charge in [-0.05, 0) is 0 Å². The van der Waals surface area contributed by atoms with Gasteiger partial charge in [0.25, 0.3) is 0 Å². The van der Waals surface area contributed by atoms with Crippen molar-refractivity contribution in [2.75, 3.05) is 11.5 Å². The summed E-state index contributed by atoms with van der Waals surface area (Å²) in [5, 5.41) is 0. The molecule has 0 rings (SSSR count). The maximum absolute atomic E-state index is 12.8. The molecule has 7 heteroatoms. The molecule has 39 heavy (non-hydrogen) atoms. The van der Waals surface area contributed by atoms with Crippen LogP contribution in [0.1, 0.15) is 168 Å². The van der Waals surface area contributed by atoms with Crippen molar-refractivity contribution in [3.8, 4) is 0 Å². The van der Waals surface area contributed by atoms with Crippen molar-refractivity contribution < 1.29 is 15.7 Å². The number of hydrogen-bond donors (Lipinski definition) is 2. The van der Waals surface area contributed by atoms with E-state index in [9.17, 15) is 9.59 Å². The van der Waals surface area contributed by atoms with Crippen molar-refractivity contribution in [3.05, 3.63) is 0 Å². The van der Waals surface area contributed by atoms with Crippen LogP contribution in [0, 0.1) is 0 Å². The third kappa shape index (κ3) is 25.8. The number of carbonyl (C=O) groups is 2. The van der Waals surface area contributed by atoms with Gasteiger partial charge in [0.05, 0.1) is 0 Å². The molecule has 0 atom stereocenters. The number of carbonyl (C=O) groups excluding carboxylic acids is 2. The van der Waals surface area contributed by atoms with E-state index in [0.717, 1.165) is 34.6 Å².